The second kappa shape index (κ2) is 9.32. The fourth-order valence-electron chi connectivity index (χ4n) is 6.41. The summed E-state index contributed by atoms with van der Waals surface area (Å²) in [4.78, 5) is 47.0. The lowest BCUT2D eigenvalue weighted by atomic mass is 9.74. The zero-order valence-electron chi connectivity index (χ0n) is 20.6. The van der Waals surface area contributed by atoms with Crippen LogP contribution in [0.2, 0.25) is 5.02 Å². The predicted molar refractivity (Wildman–Crippen MR) is 135 cm³/mol. The monoisotopic (exact) mass is 513 g/mol. The van der Waals surface area contributed by atoms with Gasteiger partial charge >= 0.3 is 0 Å². The average Bonchev–Trinajstić information content (AvgIpc) is 3.12. The number of likely N-dealkylation sites (tertiary alicyclic amines) is 1. The van der Waals surface area contributed by atoms with Crippen molar-refractivity contribution in [3.63, 3.8) is 0 Å². The third kappa shape index (κ3) is 3.61. The Hall–Kier alpha value is -2.68. The van der Waals surface area contributed by atoms with Crippen molar-refractivity contribution in [2.24, 2.45) is 11.8 Å². The van der Waals surface area contributed by atoms with E-state index in [0.717, 1.165) is 6.42 Å². The summed E-state index contributed by atoms with van der Waals surface area (Å²) >= 11 is 6.46. The van der Waals surface area contributed by atoms with Crippen molar-refractivity contribution in [3.8, 4) is 0 Å². The first kappa shape index (κ1) is 25.0. The summed E-state index contributed by atoms with van der Waals surface area (Å²) in [6, 6.07) is 6.11. The number of anilines is 1. The minimum Gasteiger partial charge on any atom is -0.396 e. The van der Waals surface area contributed by atoms with Crippen LogP contribution in [0.1, 0.15) is 26.7 Å². The Balaban J connectivity index is 1.64. The largest absolute Gasteiger partial charge is 0.396 e. The lowest BCUT2D eigenvalue weighted by molar-refractivity contribution is -0.148. The fraction of sp³-hybridized carbons (Fsp3) is 0.519. The number of hydrogen-bond donors (Lipinski definition) is 1. The number of hydrogen-bond acceptors (Lipinski definition) is 5. The van der Waals surface area contributed by atoms with Crippen LogP contribution in [-0.2, 0) is 19.1 Å². The molecule has 8 nitrogen and oxygen atoms in total. The van der Waals surface area contributed by atoms with Crippen LogP contribution >= 0.6 is 11.6 Å². The number of carbonyl (C=O) groups excluding carboxylic acids is 3. The SMILES string of the molecule is CCCN1CC=C[C@@]2(C)O[C@]34C=CCN(c5ccccc5Cl)C(=O)C3N(CCCO)C(=O)[C@@H]4[C@H]2C1=O. The number of aliphatic hydroxyl groups excluding tert-OH is 1. The van der Waals surface area contributed by atoms with E-state index in [9.17, 15) is 19.5 Å². The summed E-state index contributed by atoms with van der Waals surface area (Å²) < 4.78 is 6.76. The zero-order chi connectivity index (χ0) is 25.7. The summed E-state index contributed by atoms with van der Waals surface area (Å²) in [5.41, 5.74) is -1.80. The first-order valence-corrected chi connectivity index (χ1v) is 13.0. The number of fused-ring (bicyclic) bond motifs is 2. The van der Waals surface area contributed by atoms with E-state index in [1.54, 1.807) is 28.0 Å². The number of amides is 3. The molecule has 3 amide bonds. The molecular formula is C27H32ClN3O5. The Labute approximate surface area is 216 Å². The number of nitrogens with zero attached hydrogens (tertiary/aromatic N) is 3. The summed E-state index contributed by atoms with van der Waals surface area (Å²) in [5, 5.41) is 9.96. The third-order valence-electron chi connectivity index (χ3n) is 7.83. The molecule has 1 N–H and O–H groups in total. The number of halogens is 1. The topological polar surface area (TPSA) is 90.4 Å². The number of aliphatic hydroxyl groups is 1. The van der Waals surface area contributed by atoms with Crippen LogP contribution in [0.15, 0.2) is 48.6 Å². The minimum atomic E-state index is -1.31. The molecule has 0 aliphatic carbocycles. The van der Waals surface area contributed by atoms with E-state index in [1.165, 1.54) is 4.90 Å². The molecule has 2 saturated heterocycles. The van der Waals surface area contributed by atoms with Gasteiger partial charge in [0.2, 0.25) is 11.8 Å². The molecule has 4 heterocycles. The maximum Gasteiger partial charge on any atom is 0.253 e. The van der Waals surface area contributed by atoms with Crippen molar-refractivity contribution in [2.45, 2.75) is 43.9 Å². The van der Waals surface area contributed by atoms with Crippen LogP contribution in [0, 0.1) is 11.8 Å². The molecule has 4 aliphatic rings. The Morgan fingerprint density at radius 3 is 2.50 bits per heavy atom. The number of carbonyl (C=O) groups is 3. The van der Waals surface area contributed by atoms with Gasteiger partial charge in [-0.1, -0.05) is 55.0 Å². The van der Waals surface area contributed by atoms with Crippen LogP contribution in [-0.4, -0.2) is 82.7 Å². The molecule has 1 aromatic carbocycles. The maximum absolute atomic E-state index is 14.2. The Morgan fingerprint density at radius 2 is 1.78 bits per heavy atom. The molecule has 2 fully saturated rings. The van der Waals surface area contributed by atoms with Gasteiger partial charge in [-0.3, -0.25) is 14.4 Å². The van der Waals surface area contributed by atoms with Crippen molar-refractivity contribution in [2.75, 3.05) is 37.7 Å². The van der Waals surface area contributed by atoms with Crippen LogP contribution in [0.5, 0.6) is 0 Å². The molecule has 0 radical (unpaired) electrons. The van der Waals surface area contributed by atoms with Crippen molar-refractivity contribution in [1.29, 1.82) is 0 Å². The minimum absolute atomic E-state index is 0.125. The normalized spacial score (nSPS) is 33.5. The van der Waals surface area contributed by atoms with E-state index in [4.69, 9.17) is 16.3 Å². The molecular weight excluding hydrogens is 482 g/mol. The molecule has 5 atom stereocenters. The van der Waals surface area contributed by atoms with E-state index in [0.29, 0.717) is 30.2 Å². The summed E-state index contributed by atoms with van der Waals surface area (Å²) in [5.74, 6) is -2.35. The highest BCUT2D eigenvalue weighted by Crippen LogP contribution is 2.57. The van der Waals surface area contributed by atoms with E-state index < -0.39 is 29.1 Å². The number of benzene rings is 1. The predicted octanol–water partition coefficient (Wildman–Crippen LogP) is 2.40. The number of para-hydroxylation sites is 1. The fourth-order valence-corrected chi connectivity index (χ4v) is 6.65. The molecule has 5 rings (SSSR count). The summed E-state index contributed by atoms with van der Waals surface area (Å²) in [6.45, 7) is 5.21. The molecule has 9 heteroatoms. The average molecular weight is 514 g/mol. The van der Waals surface area contributed by atoms with E-state index >= 15 is 0 Å². The van der Waals surface area contributed by atoms with Gasteiger partial charge in [0.05, 0.1) is 28.1 Å². The van der Waals surface area contributed by atoms with Gasteiger partial charge in [0.1, 0.15) is 11.6 Å². The Kier molecular flexibility index (Phi) is 6.47. The van der Waals surface area contributed by atoms with Gasteiger partial charge in [-0.25, -0.2) is 0 Å². The summed E-state index contributed by atoms with van der Waals surface area (Å²) in [7, 11) is 0. The van der Waals surface area contributed by atoms with Gasteiger partial charge in [0.25, 0.3) is 5.91 Å². The third-order valence-corrected chi connectivity index (χ3v) is 8.15. The second-order valence-electron chi connectivity index (χ2n) is 10.1. The van der Waals surface area contributed by atoms with Gasteiger partial charge < -0.3 is 24.5 Å². The molecule has 1 aromatic rings. The highest BCUT2D eigenvalue weighted by molar-refractivity contribution is 6.34. The van der Waals surface area contributed by atoms with Gasteiger partial charge in [0, 0.05) is 32.8 Å². The molecule has 0 bridgehead atoms. The number of ether oxygens (including phenoxy) is 1. The molecule has 36 heavy (non-hydrogen) atoms. The van der Waals surface area contributed by atoms with Crippen LogP contribution in [0.3, 0.4) is 0 Å². The summed E-state index contributed by atoms with van der Waals surface area (Å²) in [6.07, 6.45) is 8.57. The van der Waals surface area contributed by atoms with Crippen LogP contribution < -0.4 is 4.90 Å². The van der Waals surface area contributed by atoms with Gasteiger partial charge in [-0.05, 0) is 31.9 Å². The maximum atomic E-state index is 14.2. The highest BCUT2D eigenvalue weighted by atomic mass is 35.5. The molecule has 1 unspecified atom stereocenters. The quantitative estimate of drug-likeness (QED) is 0.590. The molecule has 192 valence electrons. The molecule has 0 saturated carbocycles. The van der Waals surface area contributed by atoms with Gasteiger partial charge in [-0.15, -0.1) is 0 Å². The van der Waals surface area contributed by atoms with E-state index in [1.807, 2.05) is 44.2 Å². The van der Waals surface area contributed by atoms with Crippen molar-refractivity contribution in [1.82, 2.24) is 9.80 Å². The highest BCUT2D eigenvalue weighted by Gasteiger charge is 2.74. The molecule has 0 aromatic heterocycles. The first-order chi connectivity index (χ1) is 17.3. The van der Waals surface area contributed by atoms with E-state index in [2.05, 4.69) is 0 Å². The number of rotatable bonds is 6. The zero-order valence-corrected chi connectivity index (χ0v) is 21.4. The molecule has 1 spiro atoms. The lowest BCUT2D eigenvalue weighted by Crippen LogP contribution is -2.56. The molecule has 4 aliphatic heterocycles. The first-order valence-electron chi connectivity index (χ1n) is 12.6. The standard InChI is InChI=1S/C27H32ClN3O5/c1-3-13-29-14-6-11-26(2)20(23(29)33)21-24(34)31(16-8-17-32)22-25(35)30(15-7-12-27(21,22)36-26)19-10-5-4-9-18(19)28/h4-7,9-12,20-22,32H,3,8,13-17H2,1-2H3/t20-,21-,22?,26+,27-/m0/s1. The second-order valence-corrected chi connectivity index (χ2v) is 10.5. The van der Waals surface area contributed by atoms with Crippen molar-refractivity contribution < 1.29 is 24.2 Å². The van der Waals surface area contributed by atoms with Gasteiger partial charge in [-0.2, -0.15) is 0 Å². The van der Waals surface area contributed by atoms with E-state index in [-0.39, 0.29) is 37.4 Å². The smallest absolute Gasteiger partial charge is 0.253 e. The van der Waals surface area contributed by atoms with Crippen molar-refractivity contribution >= 4 is 35.0 Å². The van der Waals surface area contributed by atoms with Gasteiger partial charge in [0.15, 0.2) is 0 Å². The Morgan fingerprint density at radius 1 is 1.03 bits per heavy atom. The van der Waals surface area contributed by atoms with Crippen molar-refractivity contribution in [3.05, 3.63) is 53.6 Å². The van der Waals surface area contributed by atoms with Crippen LogP contribution in [0.25, 0.3) is 0 Å². The lowest BCUT2D eigenvalue weighted by Gasteiger charge is -2.37. The Bertz CT molecular complexity index is 1140. The van der Waals surface area contributed by atoms with Crippen LogP contribution in [0.4, 0.5) is 5.69 Å².